The van der Waals surface area contributed by atoms with Crippen LogP contribution in [0.25, 0.3) is 11.3 Å². The Kier molecular flexibility index (Phi) is 5.50. The van der Waals surface area contributed by atoms with E-state index in [1.54, 1.807) is 0 Å². The Morgan fingerprint density at radius 3 is 2.39 bits per heavy atom. The predicted molar refractivity (Wildman–Crippen MR) is 130 cm³/mol. The van der Waals surface area contributed by atoms with Crippen LogP contribution >= 0.6 is 0 Å². The number of fused-ring (bicyclic) bond motifs is 1. The van der Waals surface area contributed by atoms with Gasteiger partial charge >= 0.3 is 0 Å². The van der Waals surface area contributed by atoms with E-state index >= 15 is 0 Å². The maximum Gasteiger partial charge on any atom is 0.155 e. The summed E-state index contributed by atoms with van der Waals surface area (Å²) in [5.74, 6) is 1.17. The molecule has 0 bridgehead atoms. The molecule has 0 spiro atoms. The molecule has 0 aliphatic carbocycles. The number of aromatic nitrogens is 2. The van der Waals surface area contributed by atoms with Crippen molar-refractivity contribution in [1.82, 2.24) is 14.5 Å². The molecule has 3 atom stereocenters. The largest absolute Gasteiger partial charge is 0.395 e. The zero-order valence-electron chi connectivity index (χ0n) is 19.7. The highest BCUT2D eigenvalue weighted by molar-refractivity contribution is 5.93. The van der Waals surface area contributed by atoms with Crippen molar-refractivity contribution in [3.8, 4) is 11.3 Å². The molecule has 1 unspecified atom stereocenters. The highest BCUT2D eigenvalue weighted by Crippen LogP contribution is 2.57. The maximum atomic E-state index is 13.5. The number of benzene rings is 2. The van der Waals surface area contributed by atoms with Crippen molar-refractivity contribution in [3.63, 3.8) is 0 Å². The summed E-state index contributed by atoms with van der Waals surface area (Å²) in [4.78, 5) is 20.9. The van der Waals surface area contributed by atoms with Gasteiger partial charge in [0.1, 0.15) is 5.82 Å². The third-order valence-electron chi connectivity index (χ3n) is 7.45. The van der Waals surface area contributed by atoms with Crippen LogP contribution in [0.15, 0.2) is 66.9 Å². The van der Waals surface area contributed by atoms with E-state index in [9.17, 15) is 9.90 Å². The topological polar surface area (TPSA) is 58.4 Å². The van der Waals surface area contributed by atoms with Gasteiger partial charge in [0.15, 0.2) is 5.78 Å². The van der Waals surface area contributed by atoms with Crippen molar-refractivity contribution in [2.45, 2.75) is 57.7 Å². The minimum Gasteiger partial charge on any atom is -0.395 e. The van der Waals surface area contributed by atoms with Crippen molar-refractivity contribution < 1.29 is 9.90 Å². The van der Waals surface area contributed by atoms with E-state index in [4.69, 9.17) is 4.98 Å². The lowest BCUT2D eigenvalue weighted by atomic mass is 9.60. The molecule has 0 amide bonds. The van der Waals surface area contributed by atoms with Gasteiger partial charge in [-0.3, -0.25) is 9.69 Å². The molecule has 0 saturated carbocycles. The highest BCUT2D eigenvalue weighted by atomic mass is 16.3. The van der Waals surface area contributed by atoms with E-state index in [1.165, 1.54) is 5.56 Å². The second kappa shape index (κ2) is 8.23. The lowest BCUT2D eigenvalue weighted by molar-refractivity contribution is -0.147. The van der Waals surface area contributed by atoms with Crippen LogP contribution in [0, 0.1) is 5.41 Å². The second-order valence-electron chi connectivity index (χ2n) is 10.6. The number of hydrogen-bond donors (Lipinski definition) is 1. The third-order valence-corrected chi connectivity index (χ3v) is 7.45. The summed E-state index contributed by atoms with van der Waals surface area (Å²) in [6.45, 7) is 8.17. The summed E-state index contributed by atoms with van der Waals surface area (Å²) in [5.41, 5.74) is 2.44. The Labute approximate surface area is 196 Å². The number of aliphatic hydroxyl groups is 1. The lowest BCUT2D eigenvalue weighted by Crippen LogP contribution is -2.70. The van der Waals surface area contributed by atoms with E-state index in [1.807, 2.05) is 24.3 Å². The SMILES string of the molecule is CC(C)(C)[C@@H](c1nc(-c2ccccc2)cn1Cc1ccccc1)C12C[C@@H](CO)N1CCC2=O. The van der Waals surface area contributed by atoms with E-state index in [0.29, 0.717) is 25.2 Å². The number of ketones is 1. The van der Waals surface area contributed by atoms with Gasteiger partial charge in [0.2, 0.25) is 0 Å². The lowest BCUT2D eigenvalue weighted by Gasteiger charge is -2.59. The number of imidazole rings is 1. The molecule has 2 aliphatic heterocycles. The number of nitrogens with zero attached hydrogens (tertiary/aromatic N) is 3. The number of carbonyl (C=O) groups is 1. The fourth-order valence-electron chi connectivity index (χ4n) is 6.13. The molecule has 0 radical (unpaired) electrons. The van der Waals surface area contributed by atoms with Gasteiger partial charge in [0.25, 0.3) is 0 Å². The first-order valence-electron chi connectivity index (χ1n) is 11.9. The van der Waals surface area contributed by atoms with Crippen LogP contribution in [-0.2, 0) is 11.3 Å². The quantitative estimate of drug-likeness (QED) is 0.609. The van der Waals surface area contributed by atoms with Crippen molar-refractivity contribution in [2.75, 3.05) is 13.2 Å². The molecule has 2 aromatic carbocycles. The number of aliphatic hydroxyl groups excluding tert-OH is 1. The summed E-state index contributed by atoms with van der Waals surface area (Å²) >= 11 is 0. The van der Waals surface area contributed by atoms with Crippen LogP contribution in [0.1, 0.15) is 50.9 Å². The number of carbonyl (C=O) groups excluding carboxylic acids is 1. The van der Waals surface area contributed by atoms with Crippen molar-refractivity contribution in [3.05, 3.63) is 78.2 Å². The maximum absolute atomic E-state index is 13.5. The van der Waals surface area contributed by atoms with Crippen molar-refractivity contribution in [2.24, 2.45) is 5.41 Å². The standard InChI is InChI=1S/C28H33N3O2/c1-27(2,3)25(28-16-22(19-32)31(28)15-14-24(28)33)26-29-23(21-12-8-5-9-13-21)18-30(26)17-20-10-6-4-7-11-20/h4-13,18,22,25,32H,14-17,19H2,1-3H3/t22-,25+,28?/m0/s1. The van der Waals surface area contributed by atoms with E-state index < -0.39 is 5.54 Å². The zero-order valence-corrected chi connectivity index (χ0v) is 19.7. The summed E-state index contributed by atoms with van der Waals surface area (Å²) < 4.78 is 2.25. The normalized spacial score (nSPS) is 23.9. The Hall–Kier alpha value is -2.76. The fraction of sp³-hybridized carbons (Fsp3) is 0.429. The van der Waals surface area contributed by atoms with Gasteiger partial charge in [-0.1, -0.05) is 81.4 Å². The minimum absolute atomic E-state index is 0.0624. The second-order valence-corrected chi connectivity index (χ2v) is 10.6. The molecule has 1 N–H and O–H groups in total. The van der Waals surface area contributed by atoms with Gasteiger partial charge in [-0.2, -0.15) is 0 Å². The van der Waals surface area contributed by atoms with Gasteiger partial charge in [-0.15, -0.1) is 0 Å². The molecule has 3 heterocycles. The average Bonchev–Trinajstić information content (AvgIpc) is 3.29. The Morgan fingerprint density at radius 1 is 1.09 bits per heavy atom. The average molecular weight is 444 g/mol. The molecule has 2 saturated heterocycles. The van der Waals surface area contributed by atoms with Crippen LogP contribution in [0.4, 0.5) is 0 Å². The molecule has 1 aromatic heterocycles. The predicted octanol–water partition coefficient (Wildman–Crippen LogP) is 4.51. The molecule has 5 heteroatoms. The van der Waals surface area contributed by atoms with E-state index in [2.05, 4.69) is 72.8 Å². The van der Waals surface area contributed by atoms with Crippen LogP contribution in [0.5, 0.6) is 0 Å². The third kappa shape index (κ3) is 3.64. The van der Waals surface area contributed by atoms with Crippen LogP contribution < -0.4 is 0 Å². The van der Waals surface area contributed by atoms with Gasteiger partial charge < -0.3 is 9.67 Å². The Balaban J connectivity index is 1.66. The molecular formula is C28H33N3O2. The first-order valence-corrected chi connectivity index (χ1v) is 11.9. The summed E-state index contributed by atoms with van der Waals surface area (Å²) in [6.07, 6.45) is 3.39. The molecular weight excluding hydrogens is 410 g/mol. The smallest absolute Gasteiger partial charge is 0.155 e. The molecule has 2 aliphatic rings. The van der Waals surface area contributed by atoms with Crippen molar-refractivity contribution in [1.29, 1.82) is 0 Å². The van der Waals surface area contributed by atoms with Gasteiger partial charge in [-0.05, 0) is 17.4 Å². The first kappa shape index (κ1) is 22.1. The molecule has 5 rings (SSSR count). The first-order chi connectivity index (χ1) is 15.8. The van der Waals surface area contributed by atoms with E-state index in [0.717, 1.165) is 23.6 Å². The molecule has 33 heavy (non-hydrogen) atoms. The summed E-state index contributed by atoms with van der Waals surface area (Å²) in [7, 11) is 0. The van der Waals surface area contributed by atoms with Gasteiger partial charge in [0, 0.05) is 43.2 Å². The van der Waals surface area contributed by atoms with Gasteiger partial charge in [-0.25, -0.2) is 4.98 Å². The van der Waals surface area contributed by atoms with Crippen LogP contribution in [0.2, 0.25) is 0 Å². The highest BCUT2D eigenvalue weighted by Gasteiger charge is 2.66. The number of Topliss-reactive ketones (excluding diaryl/α,β-unsaturated/α-hetero) is 1. The van der Waals surface area contributed by atoms with Crippen molar-refractivity contribution >= 4 is 5.78 Å². The number of rotatable bonds is 6. The van der Waals surface area contributed by atoms with E-state index in [-0.39, 0.29) is 24.0 Å². The monoisotopic (exact) mass is 443 g/mol. The molecule has 5 nitrogen and oxygen atoms in total. The Morgan fingerprint density at radius 2 is 1.76 bits per heavy atom. The fourth-order valence-corrected chi connectivity index (χ4v) is 6.13. The summed E-state index contributed by atoms with van der Waals surface area (Å²) in [6, 6.07) is 20.7. The van der Waals surface area contributed by atoms with Crippen LogP contribution in [0.3, 0.4) is 0 Å². The minimum atomic E-state index is -0.584. The molecule has 172 valence electrons. The summed E-state index contributed by atoms with van der Waals surface area (Å²) in [5, 5.41) is 9.92. The van der Waals surface area contributed by atoms with Gasteiger partial charge in [0.05, 0.1) is 17.8 Å². The number of hydrogen-bond acceptors (Lipinski definition) is 4. The molecule has 3 aromatic rings. The zero-order chi connectivity index (χ0) is 23.2. The molecule has 2 fully saturated rings. The Bertz CT molecular complexity index is 1130. The van der Waals surface area contributed by atoms with Crippen LogP contribution in [-0.4, -0.2) is 50.1 Å².